The molecule has 0 amide bonds. The van der Waals surface area contributed by atoms with Crippen LogP contribution in [0.4, 0.5) is 5.69 Å². The highest BCUT2D eigenvalue weighted by Gasteiger charge is 2.23. The molecule has 0 unspecified atom stereocenters. The Morgan fingerprint density at radius 2 is 1.84 bits per heavy atom. The number of benzene rings is 2. The second-order valence-electron chi connectivity index (χ2n) is 5.37. The summed E-state index contributed by atoms with van der Waals surface area (Å²) < 4.78 is 27.0. The average Bonchev–Trinajstić information content (AvgIpc) is 2.54. The molecule has 0 radical (unpaired) electrons. The van der Waals surface area contributed by atoms with Gasteiger partial charge in [-0.05, 0) is 11.1 Å². The summed E-state index contributed by atoms with van der Waals surface area (Å²) in [7, 11) is -3.84. The van der Waals surface area contributed by atoms with Crippen LogP contribution in [0.1, 0.15) is 23.6 Å². The number of hydrogen-bond donors (Lipinski definition) is 2. The second-order valence-corrected chi connectivity index (χ2v) is 7.12. The van der Waals surface area contributed by atoms with Crippen molar-refractivity contribution in [3.05, 3.63) is 75.8 Å². The number of aliphatic carboxylic acids is 1. The summed E-state index contributed by atoms with van der Waals surface area (Å²) >= 11 is 0. The Labute approximate surface area is 144 Å². The highest BCUT2D eigenvalue weighted by atomic mass is 32.2. The van der Waals surface area contributed by atoms with Crippen LogP contribution in [0.25, 0.3) is 0 Å². The number of nitrogens with zero attached hydrogens (tertiary/aromatic N) is 1. The fourth-order valence-corrected chi connectivity index (χ4v) is 3.68. The van der Waals surface area contributed by atoms with E-state index in [4.69, 9.17) is 5.11 Å². The van der Waals surface area contributed by atoms with Crippen molar-refractivity contribution < 1.29 is 23.2 Å². The molecule has 1 atom stereocenters. The Balaban J connectivity index is 2.27. The van der Waals surface area contributed by atoms with Crippen LogP contribution in [0.5, 0.6) is 0 Å². The molecule has 0 bridgehead atoms. The fraction of sp³-hybridized carbons (Fsp3) is 0.188. The second kappa shape index (κ2) is 7.86. The molecule has 0 aliphatic rings. The topological polar surface area (TPSA) is 127 Å². The van der Waals surface area contributed by atoms with Crippen LogP contribution in [0.2, 0.25) is 0 Å². The Hall–Kier alpha value is -2.78. The Morgan fingerprint density at radius 3 is 2.44 bits per heavy atom. The van der Waals surface area contributed by atoms with Crippen LogP contribution in [0.15, 0.2) is 54.6 Å². The number of carbonyl (C=O) groups is 1. The van der Waals surface area contributed by atoms with Crippen molar-refractivity contribution in [2.45, 2.75) is 18.2 Å². The predicted molar refractivity (Wildman–Crippen MR) is 90.3 cm³/mol. The molecule has 0 heterocycles. The van der Waals surface area contributed by atoms with Crippen molar-refractivity contribution in [1.82, 2.24) is 4.72 Å². The molecular weight excluding hydrogens is 348 g/mol. The van der Waals surface area contributed by atoms with E-state index in [1.165, 1.54) is 24.3 Å². The molecule has 0 saturated heterocycles. The Bertz CT molecular complexity index is 867. The van der Waals surface area contributed by atoms with E-state index >= 15 is 0 Å². The van der Waals surface area contributed by atoms with Crippen LogP contribution < -0.4 is 4.72 Å². The molecule has 0 saturated carbocycles. The van der Waals surface area contributed by atoms with E-state index in [0.29, 0.717) is 5.56 Å². The van der Waals surface area contributed by atoms with E-state index in [-0.39, 0.29) is 17.0 Å². The zero-order valence-electron chi connectivity index (χ0n) is 13.0. The number of nitrogens with one attached hydrogen (secondary N) is 1. The third-order valence-corrected chi connectivity index (χ3v) is 4.74. The molecule has 2 rings (SSSR count). The maximum atomic E-state index is 12.3. The number of nitro benzene ring substituents is 1. The molecule has 132 valence electrons. The first kappa shape index (κ1) is 18.6. The van der Waals surface area contributed by atoms with Crippen LogP contribution in [-0.2, 0) is 20.6 Å². The highest BCUT2D eigenvalue weighted by molar-refractivity contribution is 7.88. The lowest BCUT2D eigenvalue weighted by atomic mass is 10.0. The predicted octanol–water partition coefficient (Wildman–Crippen LogP) is 2.23. The lowest BCUT2D eigenvalue weighted by molar-refractivity contribution is -0.384. The number of carboxylic acid groups (broad SMARTS) is 1. The van der Waals surface area contributed by atoms with E-state index in [0.717, 1.165) is 0 Å². The Kier molecular flexibility index (Phi) is 5.84. The fourth-order valence-electron chi connectivity index (χ4n) is 2.31. The van der Waals surface area contributed by atoms with Crippen molar-refractivity contribution in [3.8, 4) is 0 Å². The van der Waals surface area contributed by atoms with Crippen molar-refractivity contribution >= 4 is 21.7 Å². The van der Waals surface area contributed by atoms with Gasteiger partial charge in [-0.2, -0.15) is 0 Å². The number of nitro groups is 1. The van der Waals surface area contributed by atoms with Gasteiger partial charge in [0.25, 0.3) is 5.69 Å². The lowest BCUT2D eigenvalue weighted by Crippen LogP contribution is -2.31. The van der Waals surface area contributed by atoms with Gasteiger partial charge in [0.1, 0.15) is 0 Å². The zero-order valence-corrected chi connectivity index (χ0v) is 13.8. The number of carboxylic acids is 1. The van der Waals surface area contributed by atoms with Gasteiger partial charge >= 0.3 is 5.97 Å². The van der Waals surface area contributed by atoms with Crippen molar-refractivity contribution in [3.63, 3.8) is 0 Å². The van der Waals surface area contributed by atoms with Crippen LogP contribution in [-0.4, -0.2) is 24.4 Å². The van der Waals surface area contributed by atoms with Crippen molar-refractivity contribution in [2.75, 3.05) is 0 Å². The minimum Gasteiger partial charge on any atom is -0.481 e. The highest BCUT2D eigenvalue weighted by Crippen LogP contribution is 2.23. The van der Waals surface area contributed by atoms with Gasteiger partial charge in [0.15, 0.2) is 0 Å². The van der Waals surface area contributed by atoms with Gasteiger partial charge in [-0.25, -0.2) is 13.1 Å². The minimum atomic E-state index is -3.84. The number of rotatable bonds is 8. The first-order chi connectivity index (χ1) is 11.8. The Morgan fingerprint density at radius 1 is 1.16 bits per heavy atom. The molecule has 2 aromatic carbocycles. The summed E-state index contributed by atoms with van der Waals surface area (Å²) in [6.07, 6.45) is -0.533. The number of non-ortho nitro benzene ring substituents is 1. The normalized spacial score (nSPS) is 12.5. The van der Waals surface area contributed by atoms with Crippen molar-refractivity contribution in [2.24, 2.45) is 0 Å². The van der Waals surface area contributed by atoms with E-state index < -0.39 is 33.4 Å². The van der Waals surface area contributed by atoms with Gasteiger partial charge in [-0.15, -0.1) is 0 Å². The van der Waals surface area contributed by atoms with E-state index in [1.807, 2.05) is 0 Å². The minimum absolute atomic E-state index is 0.216. The lowest BCUT2D eigenvalue weighted by Gasteiger charge is -2.17. The van der Waals surface area contributed by atoms with E-state index in [9.17, 15) is 23.3 Å². The van der Waals surface area contributed by atoms with Gasteiger partial charge in [0, 0.05) is 12.1 Å². The standard InChI is InChI=1S/C16H16N2O6S/c19-16(20)10-15(13-7-4-8-14(9-13)18(21)22)17-25(23,24)11-12-5-2-1-3-6-12/h1-9,15,17H,10-11H2,(H,19,20)/t15-/m0/s1. The third-order valence-electron chi connectivity index (χ3n) is 3.38. The molecule has 2 N–H and O–H groups in total. The largest absolute Gasteiger partial charge is 0.481 e. The maximum Gasteiger partial charge on any atom is 0.305 e. The van der Waals surface area contributed by atoms with Crippen LogP contribution in [0, 0.1) is 10.1 Å². The first-order valence-electron chi connectivity index (χ1n) is 7.27. The molecular formula is C16H16N2O6S. The summed E-state index contributed by atoms with van der Waals surface area (Å²) in [6, 6.07) is 12.6. The first-order valence-corrected chi connectivity index (χ1v) is 8.92. The molecule has 25 heavy (non-hydrogen) atoms. The third kappa shape index (κ3) is 5.66. The van der Waals surface area contributed by atoms with E-state index in [2.05, 4.69) is 4.72 Å². The van der Waals surface area contributed by atoms with Gasteiger partial charge in [0.2, 0.25) is 10.0 Å². The summed E-state index contributed by atoms with van der Waals surface area (Å²) in [5, 5.41) is 19.9. The van der Waals surface area contributed by atoms with Gasteiger partial charge in [0.05, 0.1) is 23.1 Å². The number of hydrogen-bond acceptors (Lipinski definition) is 5. The molecule has 9 heteroatoms. The summed E-state index contributed by atoms with van der Waals surface area (Å²) in [5.41, 5.74) is 0.520. The zero-order chi connectivity index (χ0) is 18.4. The molecule has 0 spiro atoms. The van der Waals surface area contributed by atoms with Gasteiger partial charge in [-0.3, -0.25) is 14.9 Å². The molecule has 0 aliphatic carbocycles. The van der Waals surface area contributed by atoms with Crippen LogP contribution in [0.3, 0.4) is 0 Å². The molecule has 0 fully saturated rings. The molecule has 8 nitrogen and oxygen atoms in total. The maximum absolute atomic E-state index is 12.3. The number of sulfonamides is 1. The molecule has 0 aromatic heterocycles. The van der Waals surface area contributed by atoms with Gasteiger partial charge < -0.3 is 5.11 Å². The quantitative estimate of drug-likeness (QED) is 0.546. The van der Waals surface area contributed by atoms with Crippen molar-refractivity contribution in [1.29, 1.82) is 0 Å². The van der Waals surface area contributed by atoms with E-state index in [1.54, 1.807) is 30.3 Å². The monoisotopic (exact) mass is 364 g/mol. The summed E-state index contributed by atoms with van der Waals surface area (Å²) in [6.45, 7) is 0. The molecule has 0 aliphatic heterocycles. The van der Waals surface area contributed by atoms with Gasteiger partial charge in [-0.1, -0.05) is 42.5 Å². The average molecular weight is 364 g/mol. The summed E-state index contributed by atoms with van der Waals surface area (Å²) in [5.74, 6) is -1.54. The summed E-state index contributed by atoms with van der Waals surface area (Å²) in [4.78, 5) is 21.3. The molecule has 2 aromatic rings. The SMILES string of the molecule is O=C(O)C[C@H](NS(=O)(=O)Cc1ccccc1)c1cccc([N+](=O)[O-])c1. The van der Waals surface area contributed by atoms with Crippen LogP contribution >= 0.6 is 0 Å². The smallest absolute Gasteiger partial charge is 0.305 e.